The summed E-state index contributed by atoms with van der Waals surface area (Å²) in [5.74, 6) is -0.0420. The van der Waals surface area contributed by atoms with Gasteiger partial charge in [0.25, 0.3) is 5.91 Å². The van der Waals surface area contributed by atoms with Crippen LogP contribution < -0.4 is 10.6 Å². The van der Waals surface area contributed by atoms with E-state index in [1.807, 2.05) is 29.9 Å². The highest BCUT2D eigenvalue weighted by Gasteiger charge is 2.24. The van der Waals surface area contributed by atoms with Crippen LogP contribution in [0.5, 0.6) is 0 Å². The van der Waals surface area contributed by atoms with E-state index in [2.05, 4.69) is 26.6 Å². The van der Waals surface area contributed by atoms with Crippen LogP contribution in [-0.2, 0) is 6.54 Å². The third-order valence-electron chi connectivity index (χ3n) is 3.96. The zero-order chi connectivity index (χ0) is 15.4. The fraction of sp³-hybridized carbons (Fsp3) is 0.375. The number of amides is 1. The number of carbonyl (C=O) groups is 1. The zero-order valence-electron chi connectivity index (χ0n) is 12.6. The molecule has 0 aliphatic carbocycles. The Labute approximate surface area is 134 Å². The molecule has 6 heteroatoms. The smallest absolute Gasteiger partial charge is 0.251 e. The quantitative estimate of drug-likeness (QED) is 0.900. The van der Waals surface area contributed by atoms with Gasteiger partial charge >= 0.3 is 0 Å². The van der Waals surface area contributed by atoms with Gasteiger partial charge in [-0.3, -0.25) is 14.7 Å². The lowest BCUT2D eigenvalue weighted by molar-refractivity contribution is 0.0962. The Bertz CT molecular complexity index is 629. The first-order chi connectivity index (χ1) is 10.8. The molecule has 1 aliphatic rings. The van der Waals surface area contributed by atoms with Crippen LogP contribution in [0.3, 0.4) is 0 Å². The molecule has 116 valence electrons. The first kappa shape index (κ1) is 15.1. The van der Waals surface area contributed by atoms with Crippen LogP contribution in [0.4, 0.5) is 0 Å². The SMILES string of the molecule is CNC(=O)c1cccc([C@@H]2CNCCN2Cc2cncs2)c1. The standard InChI is InChI=1S/C16H20N4OS/c1-17-16(21)13-4-2-3-12(7-13)15-9-18-5-6-20(15)10-14-8-19-11-22-14/h2-4,7-8,11,15,18H,5-6,9-10H2,1H3,(H,17,21)/t15-/m0/s1. The maximum atomic E-state index is 11.8. The Morgan fingerprint density at radius 3 is 3.23 bits per heavy atom. The van der Waals surface area contributed by atoms with Crippen molar-refractivity contribution in [3.05, 3.63) is 52.0 Å². The van der Waals surface area contributed by atoms with Gasteiger partial charge in [0, 0.05) is 55.9 Å². The van der Waals surface area contributed by atoms with Gasteiger partial charge in [-0.2, -0.15) is 0 Å². The maximum absolute atomic E-state index is 11.8. The molecule has 0 saturated carbocycles. The van der Waals surface area contributed by atoms with Crippen LogP contribution in [0.2, 0.25) is 0 Å². The summed E-state index contributed by atoms with van der Waals surface area (Å²) >= 11 is 1.69. The second-order valence-corrected chi connectivity index (χ2v) is 6.33. The Balaban J connectivity index is 1.82. The highest BCUT2D eigenvalue weighted by molar-refractivity contribution is 7.09. The van der Waals surface area contributed by atoms with Crippen molar-refractivity contribution in [3.63, 3.8) is 0 Å². The summed E-state index contributed by atoms with van der Waals surface area (Å²) < 4.78 is 0. The summed E-state index contributed by atoms with van der Waals surface area (Å²) in [5, 5.41) is 6.14. The summed E-state index contributed by atoms with van der Waals surface area (Å²) in [7, 11) is 1.66. The summed E-state index contributed by atoms with van der Waals surface area (Å²) in [6.07, 6.45) is 1.94. The molecule has 2 N–H and O–H groups in total. The van der Waals surface area contributed by atoms with E-state index in [4.69, 9.17) is 0 Å². The molecule has 22 heavy (non-hydrogen) atoms. The van der Waals surface area contributed by atoms with Gasteiger partial charge in [-0.1, -0.05) is 12.1 Å². The van der Waals surface area contributed by atoms with E-state index in [0.29, 0.717) is 5.56 Å². The van der Waals surface area contributed by atoms with Crippen molar-refractivity contribution in [3.8, 4) is 0 Å². The largest absolute Gasteiger partial charge is 0.355 e. The van der Waals surface area contributed by atoms with Gasteiger partial charge in [-0.05, 0) is 17.7 Å². The van der Waals surface area contributed by atoms with Crippen molar-refractivity contribution in [2.24, 2.45) is 0 Å². The van der Waals surface area contributed by atoms with Gasteiger partial charge in [0.15, 0.2) is 0 Å². The highest BCUT2D eigenvalue weighted by Crippen LogP contribution is 2.25. The second kappa shape index (κ2) is 7.00. The predicted octanol–water partition coefficient (Wildman–Crippen LogP) is 1.65. The number of carbonyl (C=O) groups excluding carboxylic acids is 1. The number of thiazole rings is 1. The van der Waals surface area contributed by atoms with Crippen molar-refractivity contribution in [1.29, 1.82) is 0 Å². The van der Waals surface area contributed by atoms with Crippen LogP contribution in [0.1, 0.15) is 26.8 Å². The van der Waals surface area contributed by atoms with Crippen molar-refractivity contribution in [1.82, 2.24) is 20.5 Å². The zero-order valence-corrected chi connectivity index (χ0v) is 13.4. The highest BCUT2D eigenvalue weighted by atomic mass is 32.1. The molecule has 2 aromatic rings. The fourth-order valence-electron chi connectivity index (χ4n) is 2.82. The van der Waals surface area contributed by atoms with Crippen molar-refractivity contribution in [2.45, 2.75) is 12.6 Å². The summed E-state index contributed by atoms with van der Waals surface area (Å²) in [6.45, 7) is 3.79. The molecule has 1 saturated heterocycles. The molecule has 5 nitrogen and oxygen atoms in total. The average molecular weight is 316 g/mol. The summed E-state index contributed by atoms with van der Waals surface area (Å²) in [4.78, 5) is 19.7. The minimum atomic E-state index is -0.0420. The topological polar surface area (TPSA) is 57.3 Å². The van der Waals surface area contributed by atoms with Crippen LogP contribution in [0, 0.1) is 0 Å². The van der Waals surface area contributed by atoms with Gasteiger partial charge in [0.2, 0.25) is 0 Å². The van der Waals surface area contributed by atoms with Gasteiger partial charge in [0.1, 0.15) is 0 Å². The van der Waals surface area contributed by atoms with Crippen molar-refractivity contribution in [2.75, 3.05) is 26.7 Å². The Hall–Kier alpha value is -1.76. The molecule has 0 radical (unpaired) electrons. The molecule has 0 spiro atoms. The maximum Gasteiger partial charge on any atom is 0.251 e. The lowest BCUT2D eigenvalue weighted by atomic mass is 10.0. The predicted molar refractivity (Wildman–Crippen MR) is 88.0 cm³/mol. The van der Waals surface area contributed by atoms with E-state index in [1.54, 1.807) is 18.4 Å². The number of nitrogens with zero attached hydrogens (tertiary/aromatic N) is 2. The molecule has 2 heterocycles. The number of rotatable bonds is 4. The van der Waals surface area contributed by atoms with Gasteiger partial charge in [-0.25, -0.2) is 0 Å². The number of hydrogen-bond acceptors (Lipinski definition) is 5. The van der Waals surface area contributed by atoms with Crippen LogP contribution in [-0.4, -0.2) is 42.5 Å². The molecule has 1 aromatic heterocycles. The molecule has 1 amide bonds. The van der Waals surface area contributed by atoms with Crippen LogP contribution in [0.15, 0.2) is 36.0 Å². The van der Waals surface area contributed by atoms with Gasteiger partial charge in [-0.15, -0.1) is 11.3 Å². The average Bonchev–Trinajstić information content (AvgIpc) is 3.08. The van der Waals surface area contributed by atoms with E-state index in [-0.39, 0.29) is 11.9 Å². The number of benzene rings is 1. The molecule has 1 aliphatic heterocycles. The van der Waals surface area contributed by atoms with E-state index >= 15 is 0 Å². The van der Waals surface area contributed by atoms with Crippen molar-refractivity contribution < 1.29 is 4.79 Å². The van der Waals surface area contributed by atoms with Crippen molar-refractivity contribution >= 4 is 17.2 Å². The minimum absolute atomic E-state index is 0.0420. The monoisotopic (exact) mass is 316 g/mol. The summed E-state index contributed by atoms with van der Waals surface area (Å²) in [5.41, 5.74) is 3.76. The van der Waals surface area contributed by atoms with Gasteiger partial charge < -0.3 is 10.6 Å². The molecule has 0 bridgehead atoms. The molecule has 1 fully saturated rings. The second-order valence-electron chi connectivity index (χ2n) is 5.36. The molecular formula is C16H20N4OS. The normalized spacial score (nSPS) is 19.0. The van der Waals surface area contributed by atoms with Crippen LogP contribution in [0.25, 0.3) is 0 Å². The first-order valence-electron chi connectivity index (χ1n) is 7.42. The lowest BCUT2D eigenvalue weighted by Gasteiger charge is -2.36. The third kappa shape index (κ3) is 3.35. The fourth-order valence-corrected chi connectivity index (χ4v) is 3.44. The Kier molecular flexibility index (Phi) is 4.82. The lowest BCUT2D eigenvalue weighted by Crippen LogP contribution is -2.45. The van der Waals surface area contributed by atoms with E-state index in [0.717, 1.165) is 26.2 Å². The Morgan fingerprint density at radius 1 is 1.55 bits per heavy atom. The van der Waals surface area contributed by atoms with E-state index < -0.39 is 0 Å². The van der Waals surface area contributed by atoms with Crippen LogP contribution >= 0.6 is 11.3 Å². The van der Waals surface area contributed by atoms with E-state index in [9.17, 15) is 4.79 Å². The number of aromatic nitrogens is 1. The molecule has 3 rings (SSSR count). The molecule has 1 atom stereocenters. The minimum Gasteiger partial charge on any atom is -0.355 e. The number of nitrogens with one attached hydrogen (secondary N) is 2. The van der Waals surface area contributed by atoms with Gasteiger partial charge in [0.05, 0.1) is 5.51 Å². The molecular weight excluding hydrogens is 296 g/mol. The van der Waals surface area contributed by atoms with E-state index in [1.165, 1.54) is 10.4 Å². The molecule has 0 unspecified atom stereocenters. The molecule has 1 aromatic carbocycles. The summed E-state index contributed by atoms with van der Waals surface area (Å²) in [6, 6.07) is 8.19. The first-order valence-corrected chi connectivity index (χ1v) is 8.30. The number of hydrogen-bond donors (Lipinski definition) is 2. The third-order valence-corrected chi connectivity index (χ3v) is 4.72. The number of piperazine rings is 1. The Morgan fingerprint density at radius 2 is 2.45 bits per heavy atom.